The topological polar surface area (TPSA) is 56.4 Å². The molecule has 4 aromatic heterocycles. The zero-order valence-electron chi connectivity index (χ0n) is 26.1. The summed E-state index contributed by atoms with van der Waals surface area (Å²) < 4.78 is 0. The van der Waals surface area contributed by atoms with Gasteiger partial charge in [-0.2, -0.15) is 0 Å². The minimum absolute atomic E-state index is 0. The van der Waals surface area contributed by atoms with Gasteiger partial charge in [0.25, 0.3) is 0 Å². The number of rotatable bonds is 8. The van der Waals surface area contributed by atoms with E-state index in [4.69, 9.17) is 19.9 Å². The molecule has 0 saturated carbocycles. The monoisotopic (exact) mass is 727 g/mol. The van der Waals surface area contributed by atoms with Gasteiger partial charge in [0, 0.05) is 0 Å². The van der Waals surface area contributed by atoms with E-state index in [-0.39, 0.29) is 21.1 Å². The van der Waals surface area contributed by atoms with Crippen molar-refractivity contribution in [3.63, 3.8) is 0 Å². The largest absolute Gasteiger partial charge is 4.00 e. The Kier molecular flexibility index (Phi) is 9.96. The molecule has 5 rings (SSSR count). The molecule has 0 radical (unpaired) electrons. The van der Waals surface area contributed by atoms with E-state index in [0.717, 1.165) is 95.5 Å². The van der Waals surface area contributed by atoms with Gasteiger partial charge in [-0.1, -0.05) is 124 Å². The zero-order valence-corrected chi connectivity index (χ0v) is 28.3. The minimum atomic E-state index is 0. The minimum Gasteiger partial charge on any atom is -0.657 e. The smallest absolute Gasteiger partial charge is 0.657 e. The maximum absolute atomic E-state index is 5.25. The van der Waals surface area contributed by atoms with Crippen molar-refractivity contribution in [2.45, 2.75) is 107 Å². The van der Waals surface area contributed by atoms with Crippen molar-refractivity contribution in [2.75, 3.05) is 0 Å². The van der Waals surface area contributed by atoms with E-state index >= 15 is 0 Å². The first kappa shape index (κ1) is 31.2. The molecule has 0 fully saturated rings. The van der Waals surface area contributed by atoms with Gasteiger partial charge >= 0.3 is 21.1 Å². The Morgan fingerprint density at radius 2 is 0.512 bits per heavy atom. The van der Waals surface area contributed by atoms with E-state index in [9.17, 15) is 0 Å². The first-order valence-corrected chi connectivity index (χ1v) is 15.6. The molecule has 4 aromatic rings. The van der Waals surface area contributed by atoms with Crippen LogP contribution in [-0.2, 0) is 72.4 Å². The number of aromatic nitrogens is 4. The van der Waals surface area contributed by atoms with Crippen molar-refractivity contribution < 1.29 is 21.1 Å². The van der Waals surface area contributed by atoms with Gasteiger partial charge in [0.2, 0.25) is 0 Å². The van der Waals surface area contributed by atoms with Crippen LogP contribution in [0.1, 0.15) is 123 Å². The summed E-state index contributed by atoms with van der Waals surface area (Å²) in [6.45, 7) is 17.9. The Hall–Kier alpha value is -2.71. The van der Waals surface area contributed by atoms with Gasteiger partial charge < -0.3 is 19.9 Å². The summed E-state index contributed by atoms with van der Waals surface area (Å²) >= 11 is 0. The van der Waals surface area contributed by atoms with E-state index in [1.165, 1.54) is 44.5 Å². The van der Waals surface area contributed by atoms with Crippen molar-refractivity contribution in [1.29, 1.82) is 0 Å². The summed E-state index contributed by atoms with van der Waals surface area (Å²) in [4.78, 5) is 21.0. The van der Waals surface area contributed by atoms with E-state index < -0.39 is 0 Å². The fourth-order valence-corrected chi connectivity index (χ4v) is 6.92. The quantitative estimate of drug-likeness (QED) is 0.245. The third kappa shape index (κ3) is 5.34. The number of hydrogen-bond acceptors (Lipinski definition) is 0. The van der Waals surface area contributed by atoms with Crippen LogP contribution in [-0.4, -0.2) is 0 Å². The van der Waals surface area contributed by atoms with Crippen LogP contribution < -0.4 is 41.3 Å². The second-order valence-electron chi connectivity index (χ2n) is 10.8. The van der Waals surface area contributed by atoms with Crippen LogP contribution in [0.15, 0.2) is 0 Å². The molecule has 41 heavy (non-hydrogen) atoms. The molecular formula is C36H44N4Pt. The molecule has 5 heteroatoms. The maximum Gasteiger partial charge on any atom is 4.00 e. The Labute approximate surface area is 259 Å². The van der Waals surface area contributed by atoms with Crippen molar-refractivity contribution >= 4 is 24.3 Å². The third-order valence-corrected chi connectivity index (χ3v) is 8.82. The molecule has 5 heterocycles. The van der Waals surface area contributed by atoms with Crippen molar-refractivity contribution in [3.05, 3.63) is 88.7 Å². The maximum atomic E-state index is 5.25. The zero-order chi connectivity index (χ0) is 28.6. The van der Waals surface area contributed by atoms with Crippen LogP contribution >= 0.6 is 0 Å². The predicted octanol–water partition coefficient (Wildman–Crippen LogP) is 3.64. The van der Waals surface area contributed by atoms with Gasteiger partial charge in [-0.05, 0) is 51.4 Å². The van der Waals surface area contributed by atoms with Crippen molar-refractivity contribution in [1.82, 2.24) is 19.9 Å². The molecule has 0 atom stereocenters. The molecule has 8 bridgehead atoms. The Morgan fingerprint density at radius 1 is 0.317 bits per heavy atom. The summed E-state index contributed by atoms with van der Waals surface area (Å²) in [7, 11) is 0. The number of fused-ring (bicyclic) bond motifs is 8. The normalized spacial score (nSPS) is 15.6. The summed E-state index contributed by atoms with van der Waals surface area (Å²) in [6.07, 6.45) is 16.6. The Morgan fingerprint density at radius 3 is 0.683 bits per heavy atom. The molecule has 0 aromatic carbocycles. The van der Waals surface area contributed by atoms with Crippen LogP contribution in [0.3, 0.4) is 0 Å². The van der Waals surface area contributed by atoms with E-state index in [2.05, 4.69) is 79.7 Å². The van der Waals surface area contributed by atoms with Crippen LogP contribution in [0, 0.1) is 0 Å². The van der Waals surface area contributed by atoms with Gasteiger partial charge in [0.15, 0.2) is 0 Å². The van der Waals surface area contributed by atoms with Gasteiger partial charge in [0.05, 0.1) is 0 Å². The van der Waals surface area contributed by atoms with Gasteiger partial charge in [-0.15, -0.1) is 44.2 Å². The van der Waals surface area contributed by atoms with Gasteiger partial charge in [-0.3, -0.25) is 0 Å². The van der Waals surface area contributed by atoms with Crippen molar-refractivity contribution in [3.8, 4) is 0 Å². The first-order chi connectivity index (χ1) is 19.5. The summed E-state index contributed by atoms with van der Waals surface area (Å²) in [5.74, 6) is 0. The molecule has 0 amide bonds. The van der Waals surface area contributed by atoms with E-state index in [0.29, 0.717) is 0 Å². The molecule has 1 aliphatic rings. The fraction of sp³-hybridized carbons (Fsp3) is 0.444. The second-order valence-corrected chi connectivity index (χ2v) is 10.8. The van der Waals surface area contributed by atoms with Crippen LogP contribution in [0.4, 0.5) is 0 Å². The Balaban J connectivity index is 0.00000387. The first-order valence-electron chi connectivity index (χ1n) is 15.6. The number of hydrogen-bond donors (Lipinski definition) is 0. The molecule has 218 valence electrons. The number of nitrogens with zero attached hydrogens (tertiary/aromatic N) is 4. The van der Waals surface area contributed by atoms with Crippen molar-refractivity contribution in [2.24, 2.45) is 0 Å². The van der Waals surface area contributed by atoms with E-state index in [1.54, 1.807) is 0 Å². The standard InChI is InChI=1S/C36H44N4.Pt/c1-9-21-22(10-2)30-18-32-25(13-5)26(14-6)34(39-32)20-36-28(16-8)27(15-7)35(40-36)19-33-24(12-4)23(11-3)31(38-33)17-29(21)37-30;/h17-20H,9-16H2,1-8H3;/q-4;+4/b29-17-,30-18-,31-17?,32-18?,33-19?,34-20?,35-19-,36-20-;. The molecule has 1 aliphatic heterocycles. The average Bonchev–Trinajstić information content (AvgIpc) is 3.67. The summed E-state index contributed by atoms with van der Waals surface area (Å²) in [5, 5.41) is 4.23. The molecule has 0 spiro atoms. The molecule has 0 saturated heterocycles. The molecule has 4 nitrogen and oxygen atoms in total. The molecule has 0 N–H and O–H groups in total. The summed E-state index contributed by atoms with van der Waals surface area (Å²) in [6, 6.07) is 0. The van der Waals surface area contributed by atoms with Crippen LogP contribution in [0.2, 0.25) is 0 Å². The third-order valence-electron chi connectivity index (χ3n) is 8.82. The van der Waals surface area contributed by atoms with Crippen LogP contribution in [0.25, 0.3) is 24.3 Å². The Bertz CT molecular complexity index is 1530. The average molecular weight is 728 g/mol. The molecule has 0 aliphatic carbocycles. The SMILES string of the molecule is CCc1c2[n-]c(c1CC)/C=c1\[n-]/c(c(CC)c1CC)=C\c1[n-]c(c(CC)c1CC)/C=c1\[n-]/c(c(CC)c1CC)=C\2.[Pt+4]. The summed E-state index contributed by atoms with van der Waals surface area (Å²) in [5.41, 5.74) is 14.9. The second kappa shape index (κ2) is 13.1. The van der Waals surface area contributed by atoms with Gasteiger partial charge in [-0.25, -0.2) is 0 Å². The fourth-order valence-electron chi connectivity index (χ4n) is 6.92. The van der Waals surface area contributed by atoms with Crippen LogP contribution in [0.5, 0.6) is 0 Å². The van der Waals surface area contributed by atoms with Gasteiger partial charge in [0.1, 0.15) is 0 Å². The van der Waals surface area contributed by atoms with E-state index in [1.807, 2.05) is 0 Å². The molecular weight excluding hydrogens is 684 g/mol. The predicted molar refractivity (Wildman–Crippen MR) is 167 cm³/mol. The molecule has 0 unspecified atom stereocenters.